The molecule has 0 bridgehead atoms. The molecule has 0 aliphatic carbocycles. The zero-order valence-electron chi connectivity index (χ0n) is 20.1. The van der Waals surface area contributed by atoms with Gasteiger partial charge < -0.3 is 15.0 Å². The van der Waals surface area contributed by atoms with Crippen LogP contribution in [0, 0.1) is 0 Å². The molecule has 1 saturated heterocycles. The number of para-hydroxylation sites is 2. The molecule has 8 nitrogen and oxygen atoms in total. The number of nitrogens with one attached hydrogen (secondary N) is 1. The Hall–Kier alpha value is -3.85. The zero-order valence-corrected chi connectivity index (χ0v) is 20.9. The Morgan fingerprint density at radius 2 is 1.72 bits per heavy atom. The van der Waals surface area contributed by atoms with Crippen LogP contribution in [0.5, 0.6) is 5.75 Å². The van der Waals surface area contributed by atoms with E-state index in [9.17, 15) is 18.0 Å². The fraction of sp³-hybridized carbons (Fsp3) is 0.259. The maximum atomic E-state index is 13.5. The van der Waals surface area contributed by atoms with Gasteiger partial charge in [0.15, 0.2) is 0 Å². The number of hydrogen-bond acceptors (Lipinski definition) is 5. The standard InChI is InChI=1S/C27H29N3O5S/c1-35-25-14-6-5-13-24(25)30(36(33,34)23-11-3-2-4-12-23)20-26(31)28-18-21-9-7-10-22(17-21)19-29-16-8-15-27(29)32/h2-7,9-14,17H,8,15-16,18-20H2,1H3,(H,28,31). The molecule has 0 radical (unpaired) electrons. The number of carbonyl (C=O) groups is 2. The Morgan fingerprint density at radius 3 is 2.44 bits per heavy atom. The van der Waals surface area contributed by atoms with Crippen molar-refractivity contribution < 1.29 is 22.7 Å². The van der Waals surface area contributed by atoms with Crippen LogP contribution in [-0.4, -0.2) is 45.3 Å². The van der Waals surface area contributed by atoms with Crippen molar-refractivity contribution in [3.8, 4) is 5.75 Å². The van der Waals surface area contributed by atoms with E-state index in [1.54, 1.807) is 42.5 Å². The van der Waals surface area contributed by atoms with E-state index in [-0.39, 0.29) is 23.0 Å². The van der Waals surface area contributed by atoms with Gasteiger partial charge in [0.25, 0.3) is 10.0 Å². The molecule has 1 aliphatic rings. The second-order valence-electron chi connectivity index (χ2n) is 8.51. The van der Waals surface area contributed by atoms with Crippen LogP contribution in [0.15, 0.2) is 83.8 Å². The summed E-state index contributed by atoms with van der Waals surface area (Å²) in [6, 6.07) is 22.3. The van der Waals surface area contributed by atoms with Gasteiger partial charge in [0, 0.05) is 26.1 Å². The van der Waals surface area contributed by atoms with Gasteiger partial charge in [-0.3, -0.25) is 13.9 Å². The zero-order chi connectivity index (χ0) is 25.5. The summed E-state index contributed by atoms with van der Waals surface area (Å²) in [6.45, 7) is 1.11. The molecule has 0 saturated carbocycles. The normalized spacial score (nSPS) is 13.5. The van der Waals surface area contributed by atoms with E-state index >= 15 is 0 Å². The molecule has 0 spiro atoms. The van der Waals surface area contributed by atoms with Gasteiger partial charge in [-0.15, -0.1) is 0 Å². The number of amides is 2. The first-order chi connectivity index (χ1) is 17.4. The van der Waals surface area contributed by atoms with Crippen LogP contribution < -0.4 is 14.4 Å². The van der Waals surface area contributed by atoms with Crippen molar-refractivity contribution in [2.24, 2.45) is 0 Å². The molecule has 9 heteroatoms. The highest BCUT2D eigenvalue weighted by Crippen LogP contribution is 2.32. The number of carbonyl (C=O) groups excluding carboxylic acids is 2. The van der Waals surface area contributed by atoms with Crippen molar-refractivity contribution in [2.75, 3.05) is 24.5 Å². The van der Waals surface area contributed by atoms with E-state index in [1.807, 2.05) is 29.2 Å². The third kappa shape index (κ3) is 5.85. The molecule has 1 aliphatic heterocycles. The fourth-order valence-electron chi connectivity index (χ4n) is 4.17. The maximum Gasteiger partial charge on any atom is 0.264 e. The molecule has 188 valence electrons. The minimum absolute atomic E-state index is 0.0767. The number of hydrogen-bond donors (Lipinski definition) is 1. The minimum atomic E-state index is -4.04. The van der Waals surface area contributed by atoms with Crippen LogP contribution in [-0.2, 0) is 32.7 Å². The first-order valence-corrected chi connectivity index (χ1v) is 13.2. The summed E-state index contributed by atoms with van der Waals surface area (Å²) in [5.74, 6) is 0.0410. The van der Waals surface area contributed by atoms with E-state index in [0.717, 1.165) is 28.4 Å². The molecule has 3 aromatic rings. The van der Waals surface area contributed by atoms with E-state index in [0.29, 0.717) is 18.7 Å². The fourth-order valence-corrected chi connectivity index (χ4v) is 5.62. The number of sulfonamides is 1. The molecular weight excluding hydrogens is 478 g/mol. The number of ether oxygens (including phenoxy) is 1. The number of anilines is 1. The maximum absolute atomic E-state index is 13.5. The second-order valence-corrected chi connectivity index (χ2v) is 10.4. The lowest BCUT2D eigenvalue weighted by molar-refractivity contribution is -0.128. The second kappa shape index (κ2) is 11.3. The van der Waals surface area contributed by atoms with E-state index < -0.39 is 22.5 Å². The van der Waals surface area contributed by atoms with Crippen molar-refractivity contribution >= 4 is 27.5 Å². The molecule has 3 aromatic carbocycles. The monoisotopic (exact) mass is 507 g/mol. The summed E-state index contributed by atoms with van der Waals surface area (Å²) in [7, 11) is -2.58. The Bertz CT molecular complexity index is 1330. The summed E-state index contributed by atoms with van der Waals surface area (Å²) in [4.78, 5) is 26.8. The number of nitrogens with zero attached hydrogens (tertiary/aromatic N) is 2. The summed E-state index contributed by atoms with van der Waals surface area (Å²) in [5.41, 5.74) is 2.12. The van der Waals surface area contributed by atoms with E-state index in [2.05, 4.69) is 5.32 Å². The predicted octanol–water partition coefficient (Wildman–Crippen LogP) is 3.33. The summed E-state index contributed by atoms with van der Waals surface area (Å²) in [6.07, 6.45) is 1.47. The lowest BCUT2D eigenvalue weighted by Gasteiger charge is -2.25. The Labute approximate surface area is 211 Å². The molecule has 2 amide bonds. The van der Waals surface area contributed by atoms with Gasteiger partial charge in [0.1, 0.15) is 12.3 Å². The highest BCUT2D eigenvalue weighted by molar-refractivity contribution is 7.92. The van der Waals surface area contributed by atoms with E-state index in [1.165, 1.54) is 19.2 Å². The lowest BCUT2D eigenvalue weighted by Crippen LogP contribution is -2.40. The molecular formula is C27H29N3O5S. The first kappa shape index (κ1) is 25.2. The van der Waals surface area contributed by atoms with Gasteiger partial charge in [0.05, 0.1) is 17.7 Å². The van der Waals surface area contributed by atoms with Crippen LogP contribution in [0.2, 0.25) is 0 Å². The largest absolute Gasteiger partial charge is 0.495 e. The van der Waals surface area contributed by atoms with Crippen molar-refractivity contribution in [3.05, 3.63) is 90.0 Å². The SMILES string of the molecule is COc1ccccc1N(CC(=O)NCc1cccc(CN2CCCC2=O)c1)S(=O)(=O)c1ccccc1. The summed E-state index contributed by atoms with van der Waals surface area (Å²) in [5, 5.41) is 2.82. The van der Waals surface area contributed by atoms with Crippen LogP contribution >= 0.6 is 0 Å². The molecule has 36 heavy (non-hydrogen) atoms. The van der Waals surface area contributed by atoms with Gasteiger partial charge in [-0.25, -0.2) is 8.42 Å². The predicted molar refractivity (Wildman–Crippen MR) is 137 cm³/mol. The Morgan fingerprint density at radius 1 is 1.00 bits per heavy atom. The molecule has 0 atom stereocenters. The average molecular weight is 508 g/mol. The highest BCUT2D eigenvalue weighted by atomic mass is 32.2. The van der Waals surface area contributed by atoms with Gasteiger partial charge in [-0.1, -0.05) is 54.6 Å². The van der Waals surface area contributed by atoms with Crippen molar-refractivity contribution in [1.82, 2.24) is 10.2 Å². The van der Waals surface area contributed by atoms with Gasteiger partial charge in [-0.2, -0.15) is 0 Å². The van der Waals surface area contributed by atoms with Crippen molar-refractivity contribution in [2.45, 2.75) is 30.8 Å². The van der Waals surface area contributed by atoms with Crippen LogP contribution in [0.25, 0.3) is 0 Å². The molecule has 0 aromatic heterocycles. The smallest absolute Gasteiger partial charge is 0.264 e. The topological polar surface area (TPSA) is 96.0 Å². The lowest BCUT2D eigenvalue weighted by atomic mass is 10.1. The van der Waals surface area contributed by atoms with Crippen molar-refractivity contribution in [1.29, 1.82) is 0 Å². The molecule has 1 heterocycles. The Kier molecular flexibility index (Phi) is 7.90. The minimum Gasteiger partial charge on any atom is -0.495 e. The summed E-state index contributed by atoms with van der Waals surface area (Å²) < 4.78 is 33.4. The number of methoxy groups -OCH3 is 1. The van der Waals surface area contributed by atoms with Gasteiger partial charge in [-0.05, 0) is 41.8 Å². The molecule has 0 unspecified atom stereocenters. The van der Waals surface area contributed by atoms with Crippen molar-refractivity contribution in [3.63, 3.8) is 0 Å². The first-order valence-electron chi connectivity index (χ1n) is 11.7. The number of rotatable bonds is 10. The molecule has 1 N–H and O–H groups in total. The average Bonchev–Trinajstić information content (AvgIpc) is 3.30. The van der Waals surface area contributed by atoms with Gasteiger partial charge >= 0.3 is 0 Å². The number of likely N-dealkylation sites (tertiary alicyclic amines) is 1. The summed E-state index contributed by atoms with van der Waals surface area (Å²) >= 11 is 0. The number of benzene rings is 3. The van der Waals surface area contributed by atoms with E-state index in [4.69, 9.17) is 4.74 Å². The molecule has 1 fully saturated rings. The highest BCUT2D eigenvalue weighted by Gasteiger charge is 2.29. The Balaban J connectivity index is 1.50. The van der Waals surface area contributed by atoms with Crippen LogP contribution in [0.4, 0.5) is 5.69 Å². The third-order valence-electron chi connectivity index (χ3n) is 6.00. The molecule has 4 rings (SSSR count). The van der Waals surface area contributed by atoms with Crippen LogP contribution in [0.3, 0.4) is 0 Å². The van der Waals surface area contributed by atoms with Crippen LogP contribution in [0.1, 0.15) is 24.0 Å². The van der Waals surface area contributed by atoms with Gasteiger partial charge in [0.2, 0.25) is 11.8 Å². The quantitative estimate of drug-likeness (QED) is 0.454. The third-order valence-corrected chi connectivity index (χ3v) is 7.77.